The van der Waals surface area contributed by atoms with Gasteiger partial charge in [-0.25, -0.2) is 9.37 Å². The summed E-state index contributed by atoms with van der Waals surface area (Å²) in [6.45, 7) is 6.41. The Balaban J connectivity index is 0.00000436. The predicted molar refractivity (Wildman–Crippen MR) is 229 cm³/mol. The number of aromatic nitrogens is 2. The van der Waals surface area contributed by atoms with Gasteiger partial charge < -0.3 is 19.1 Å². The summed E-state index contributed by atoms with van der Waals surface area (Å²) in [5.74, 6) is 2.01. The number of benzene rings is 7. The van der Waals surface area contributed by atoms with Crippen molar-refractivity contribution in [1.29, 1.82) is 0 Å². The minimum Gasteiger partial charge on any atom is -0.509 e. The first kappa shape index (κ1) is 37.1. The van der Waals surface area contributed by atoms with E-state index < -0.39 is 0 Å². The van der Waals surface area contributed by atoms with Gasteiger partial charge in [-0.1, -0.05) is 104 Å². The summed E-state index contributed by atoms with van der Waals surface area (Å²) in [5.41, 5.74) is 11.0. The quantitative estimate of drug-likeness (QED) is 0.142. The summed E-state index contributed by atoms with van der Waals surface area (Å²) in [4.78, 5) is 9.00. The van der Waals surface area contributed by atoms with Crippen LogP contribution in [-0.4, -0.2) is 9.55 Å². The van der Waals surface area contributed by atoms with Crippen molar-refractivity contribution < 1.29 is 30.2 Å². The predicted octanol–water partition coefficient (Wildman–Crippen LogP) is 13.6. The minimum atomic E-state index is -0.279. The maximum absolute atomic E-state index is 14.0. The van der Waals surface area contributed by atoms with Crippen LogP contribution in [0, 0.1) is 24.6 Å². The van der Waals surface area contributed by atoms with Gasteiger partial charge in [0.15, 0.2) is 0 Å². The number of para-hydroxylation sites is 3. The van der Waals surface area contributed by atoms with E-state index >= 15 is 0 Å². The molecule has 0 bridgehead atoms. The molecule has 7 heteroatoms. The number of halogens is 1. The third-order valence-electron chi connectivity index (χ3n) is 10.6. The van der Waals surface area contributed by atoms with Crippen molar-refractivity contribution in [3.8, 4) is 39.6 Å². The van der Waals surface area contributed by atoms with Crippen LogP contribution in [0.5, 0.6) is 11.5 Å². The molecule has 1 aliphatic rings. The molecule has 10 rings (SSSR count). The number of pyridine rings is 1. The van der Waals surface area contributed by atoms with E-state index in [2.05, 4.69) is 150 Å². The largest absolute Gasteiger partial charge is 0.509 e. The second kappa shape index (κ2) is 15.5. The van der Waals surface area contributed by atoms with E-state index in [1.165, 1.54) is 17.7 Å². The van der Waals surface area contributed by atoms with Crippen LogP contribution in [0.25, 0.3) is 49.9 Å². The first-order chi connectivity index (χ1) is 28.0. The van der Waals surface area contributed by atoms with Gasteiger partial charge in [0.1, 0.15) is 11.6 Å². The molecular formula is C51H36FN4OPt-3. The molecule has 5 nitrogen and oxygen atoms in total. The van der Waals surface area contributed by atoms with E-state index in [-0.39, 0.29) is 26.9 Å². The van der Waals surface area contributed by atoms with Gasteiger partial charge in [-0.3, -0.25) is 0 Å². The Morgan fingerprint density at radius 3 is 2.09 bits per heavy atom. The fourth-order valence-electron chi connectivity index (χ4n) is 7.79. The standard InChI is InChI=1S/C51H36FN4O.Pt/c1-34(2)36-26-27-53-51(30-36)56-47-17-9-8-16-45(47)46-25-24-41(32-50(46)56)57-42-29-37(44-15-7-6-14-43(44)35-12-4-3-5-13-35)28-40(31-42)55-33-54(39-22-20-38(52)21-23-39)48-18-10-11-19-49(48)55;/h3-30,33-34H,1-2H3;/q-3;. The first-order valence-corrected chi connectivity index (χ1v) is 19.1. The number of ether oxygens (including phenoxy) is 1. The van der Waals surface area contributed by atoms with Crippen molar-refractivity contribution in [2.24, 2.45) is 0 Å². The number of fused-ring (bicyclic) bond motifs is 4. The first-order valence-electron chi connectivity index (χ1n) is 19.1. The third kappa shape index (κ3) is 6.74. The van der Waals surface area contributed by atoms with E-state index in [0.717, 1.165) is 72.6 Å². The van der Waals surface area contributed by atoms with Crippen LogP contribution < -0.4 is 14.5 Å². The Morgan fingerprint density at radius 1 is 0.621 bits per heavy atom. The van der Waals surface area contributed by atoms with Crippen molar-refractivity contribution in [2.75, 3.05) is 9.80 Å². The third-order valence-corrected chi connectivity index (χ3v) is 10.6. The maximum atomic E-state index is 14.0. The zero-order valence-corrected chi connectivity index (χ0v) is 34.0. The van der Waals surface area contributed by atoms with Crippen molar-refractivity contribution in [3.05, 3.63) is 200 Å². The summed E-state index contributed by atoms with van der Waals surface area (Å²) in [7, 11) is 0. The van der Waals surface area contributed by atoms with Crippen LogP contribution >= 0.6 is 0 Å². The van der Waals surface area contributed by atoms with Crippen molar-refractivity contribution >= 4 is 44.6 Å². The van der Waals surface area contributed by atoms with E-state index in [1.54, 1.807) is 12.1 Å². The van der Waals surface area contributed by atoms with Crippen molar-refractivity contribution in [3.63, 3.8) is 0 Å². The SMILES string of the molecule is CC(C)c1ccnc(-n2c3[c-]c(Oc4[c-]c(N5[CH-]N(c6ccc(F)cc6)c6ccccc65)cc(-c5ccccc5-c5ccccc5)c4)ccc3c3ccccc32)c1.[Pt]. The zero-order chi connectivity index (χ0) is 38.5. The molecule has 0 unspecified atom stereocenters. The Bertz CT molecular complexity index is 2930. The molecule has 0 N–H and O–H groups in total. The summed E-state index contributed by atoms with van der Waals surface area (Å²) in [6, 6.07) is 61.7. The second-order valence-electron chi connectivity index (χ2n) is 14.5. The number of hydrogen-bond donors (Lipinski definition) is 0. The zero-order valence-electron chi connectivity index (χ0n) is 31.7. The monoisotopic (exact) mass is 934 g/mol. The Morgan fingerprint density at radius 2 is 1.31 bits per heavy atom. The van der Waals surface area contributed by atoms with Crippen molar-refractivity contribution in [2.45, 2.75) is 19.8 Å². The Hall–Kier alpha value is -6.49. The summed E-state index contributed by atoms with van der Waals surface area (Å²) >= 11 is 0. The van der Waals surface area contributed by atoms with Gasteiger partial charge in [0.25, 0.3) is 0 Å². The maximum Gasteiger partial charge on any atom is 0.135 e. The van der Waals surface area contributed by atoms with Gasteiger partial charge >= 0.3 is 0 Å². The van der Waals surface area contributed by atoms with E-state index in [9.17, 15) is 4.39 Å². The second-order valence-corrected chi connectivity index (χ2v) is 14.5. The molecule has 0 radical (unpaired) electrons. The van der Waals surface area contributed by atoms with Crippen LogP contribution in [0.4, 0.5) is 27.1 Å². The van der Waals surface area contributed by atoms with Crippen LogP contribution in [0.2, 0.25) is 0 Å². The fourth-order valence-corrected chi connectivity index (χ4v) is 7.79. The van der Waals surface area contributed by atoms with Crippen LogP contribution in [0.1, 0.15) is 25.3 Å². The molecule has 58 heavy (non-hydrogen) atoms. The van der Waals surface area contributed by atoms with Gasteiger partial charge in [-0.05, 0) is 88.2 Å². The molecule has 7 aromatic carbocycles. The van der Waals surface area contributed by atoms with Crippen LogP contribution in [-0.2, 0) is 21.1 Å². The minimum absolute atomic E-state index is 0. The van der Waals surface area contributed by atoms with E-state index in [4.69, 9.17) is 9.72 Å². The molecule has 286 valence electrons. The molecule has 0 spiro atoms. The molecule has 9 aromatic rings. The number of anilines is 4. The van der Waals surface area contributed by atoms with Gasteiger partial charge in [0, 0.05) is 61.3 Å². The van der Waals surface area contributed by atoms with Gasteiger partial charge in [0.05, 0.1) is 0 Å². The number of nitrogens with zero attached hydrogens (tertiary/aromatic N) is 4. The normalized spacial score (nSPS) is 12.3. The molecule has 0 fully saturated rings. The molecule has 3 heterocycles. The molecule has 0 saturated carbocycles. The average molecular weight is 935 g/mol. The summed E-state index contributed by atoms with van der Waals surface area (Å²) < 4.78 is 23.0. The molecule has 0 aliphatic carbocycles. The van der Waals surface area contributed by atoms with Gasteiger partial charge in [-0.15, -0.1) is 53.6 Å². The molecule has 2 aromatic heterocycles. The summed E-state index contributed by atoms with van der Waals surface area (Å²) in [6.07, 6.45) is 1.88. The number of hydrogen-bond acceptors (Lipinski definition) is 4. The topological polar surface area (TPSA) is 33.5 Å². The van der Waals surface area contributed by atoms with Crippen molar-refractivity contribution in [1.82, 2.24) is 9.55 Å². The van der Waals surface area contributed by atoms with Crippen LogP contribution in [0.3, 0.4) is 0 Å². The molecule has 0 amide bonds. The molecule has 0 saturated heterocycles. The Kier molecular flexibility index (Phi) is 9.89. The summed E-state index contributed by atoms with van der Waals surface area (Å²) in [5, 5.41) is 2.18. The van der Waals surface area contributed by atoms with Gasteiger partial charge in [0.2, 0.25) is 0 Å². The average Bonchev–Trinajstić information content (AvgIpc) is 3.80. The van der Waals surface area contributed by atoms with Crippen LogP contribution in [0.15, 0.2) is 170 Å². The Labute approximate surface area is 351 Å². The molecular weight excluding hydrogens is 899 g/mol. The van der Waals surface area contributed by atoms with E-state index in [1.807, 2.05) is 43.2 Å². The van der Waals surface area contributed by atoms with Gasteiger partial charge in [-0.2, -0.15) is 6.07 Å². The molecule has 1 aliphatic heterocycles. The smallest absolute Gasteiger partial charge is 0.135 e. The fraction of sp³-hybridized carbons (Fsp3) is 0.0588. The number of rotatable bonds is 8. The molecule has 0 atom stereocenters. The van der Waals surface area contributed by atoms with E-state index in [0.29, 0.717) is 17.4 Å².